The lowest BCUT2D eigenvalue weighted by molar-refractivity contribution is -0.134. The maximum Gasteiger partial charge on any atom is 0.313 e. The normalized spacial score (nSPS) is 13.7. The molecule has 0 rings (SSSR count). The molecule has 0 radical (unpaired) electrons. The lowest BCUT2D eigenvalue weighted by Gasteiger charge is -2.09. The number of carbonyl (C=O) groups is 3. The van der Waals surface area contributed by atoms with Gasteiger partial charge in [0, 0.05) is 24.2 Å². The van der Waals surface area contributed by atoms with Crippen LogP contribution >= 0.6 is 11.8 Å². The fourth-order valence-corrected chi connectivity index (χ4v) is 2.78. The second kappa shape index (κ2) is 11.9. The van der Waals surface area contributed by atoms with Crippen molar-refractivity contribution in [1.82, 2.24) is 0 Å². The first-order valence-corrected chi connectivity index (χ1v) is 8.82. The number of amides is 1. The minimum absolute atomic E-state index is 0.0364. The summed E-state index contributed by atoms with van der Waals surface area (Å²) in [5.41, 5.74) is 7.18. The number of aliphatic carboxylic acids is 1. The molecule has 0 aliphatic carbocycles. The largest absolute Gasteiger partial charge is 0.481 e. The third-order valence-corrected chi connectivity index (χ3v) is 4.52. The molecule has 3 N–H and O–H groups in total. The van der Waals surface area contributed by atoms with Gasteiger partial charge in [-0.15, -0.1) is 11.8 Å². The van der Waals surface area contributed by atoms with Crippen LogP contribution in [-0.4, -0.2) is 34.3 Å². The molecule has 6 heteroatoms. The number of carboxylic acids is 1. The molecule has 0 aliphatic rings. The van der Waals surface area contributed by atoms with Crippen molar-refractivity contribution >= 4 is 29.4 Å². The summed E-state index contributed by atoms with van der Waals surface area (Å²) in [6.07, 6.45) is 6.30. The van der Waals surface area contributed by atoms with Crippen molar-refractivity contribution in [1.29, 1.82) is 0 Å². The Bertz CT molecular complexity index is 483. The van der Waals surface area contributed by atoms with Crippen molar-refractivity contribution < 1.29 is 19.5 Å². The van der Waals surface area contributed by atoms with Gasteiger partial charge in [-0.25, -0.2) is 0 Å². The van der Waals surface area contributed by atoms with Crippen molar-refractivity contribution in [2.24, 2.45) is 11.7 Å². The van der Waals surface area contributed by atoms with Crippen molar-refractivity contribution in [2.75, 3.05) is 11.5 Å². The van der Waals surface area contributed by atoms with Crippen LogP contribution in [0.3, 0.4) is 0 Å². The molecule has 5 nitrogen and oxygen atoms in total. The average molecular weight is 341 g/mol. The summed E-state index contributed by atoms with van der Waals surface area (Å²) < 4.78 is 0. The van der Waals surface area contributed by atoms with Gasteiger partial charge in [0.15, 0.2) is 0 Å². The summed E-state index contributed by atoms with van der Waals surface area (Å²) in [6, 6.07) is 0. The highest BCUT2D eigenvalue weighted by Crippen LogP contribution is 2.15. The Morgan fingerprint density at radius 2 is 1.78 bits per heavy atom. The zero-order chi connectivity index (χ0) is 17.8. The van der Waals surface area contributed by atoms with Crippen LogP contribution in [0.5, 0.6) is 0 Å². The number of carboxylic acid groups (broad SMARTS) is 1. The summed E-state index contributed by atoms with van der Waals surface area (Å²) in [6.45, 7) is 5.70. The molecule has 1 amide bonds. The number of Topliss-reactive ketones (excluding diaryl/α,β-unsaturated/α-hetero) is 1. The van der Waals surface area contributed by atoms with E-state index in [0.717, 1.165) is 24.0 Å². The lowest BCUT2D eigenvalue weighted by Crippen LogP contribution is -2.14. The fourth-order valence-electron chi connectivity index (χ4n) is 1.95. The average Bonchev–Trinajstić information content (AvgIpc) is 2.43. The van der Waals surface area contributed by atoms with Crippen molar-refractivity contribution in [2.45, 2.75) is 46.5 Å². The SMILES string of the molecule is CC(=CC(N)=O)CCC=C(C)CCC(=O)C(C)CSCC(=O)O. The number of rotatable bonds is 12. The van der Waals surface area contributed by atoms with Gasteiger partial charge in [-0.05, 0) is 33.1 Å². The lowest BCUT2D eigenvalue weighted by atomic mass is 10.0. The maximum absolute atomic E-state index is 12.0. The third-order valence-electron chi connectivity index (χ3n) is 3.33. The van der Waals surface area contributed by atoms with Gasteiger partial charge in [-0.3, -0.25) is 14.4 Å². The molecule has 0 aromatic heterocycles. The molecule has 0 saturated heterocycles. The molecule has 0 spiro atoms. The molecule has 0 fully saturated rings. The minimum atomic E-state index is -0.853. The van der Waals surface area contributed by atoms with E-state index in [0.29, 0.717) is 18.6 Å². The van der Waals surface area contributed by atoms with Gasteiger partial charge in [0.1, 0.15) is 5.78 Å². The number of carbonyl (C=O) groups excluding carboxylic acids is 2. The van der Waals surface area contributed by atoms with Crippen LogP contribution in [0.15, 0.2) is 23.3 Å². The van der Waals surface area contributed by atoms with Crippen LogP contribution in [0.4, 0.5) is 0 Å². The van der Waals surface area contributed by atoms with Crippen molar-refractivity contribution in [3.8, 4) is 0 Å². The maximum atomic E-state index is 12.0. The standard InChI is InChI=1S/C17H27NO4S/c1-12(5-4-6-13(2)9-16(18)20)7-8-15(19)14(3)10-23-11-17(21)22/h5,9,14H,4,6-8,10-11H2,1-3H3,(H2,18,20)(H,21,22). The number of hydrogen-bond acceptors (Lipinski definition) is 4. The molecule has 0 aromatic carbocycles. The Kier molecular flexibility index (Phi) is 11.1. The Labute approximate surface area is 142 Å². The third kappa shape index (κ3) is 12.6. The second-order valence-electron chi connectivity index (χ2n) is 5.76. The molecule has 0 bridgehead atoms. The Morgan fingerprint density at radius 3 is 2.35 bits per heavy atom. The Hall–Kier alpha value is -1.56. The number of nitrogens with two attached hydrogens (primary N) is 1. The molecular weight excluding hydrogens is 314 g/mol. The predicted molar refractivity (Wildman–Crippen MR) is 94.3 cm³/mol. The first-order valence-electron chi connectivity index (χ1n) is 7.66. The van der Waals surface area contributed by atoms with E-state index in [4.69, 9.17) is 10.8 Å². The molecule has 0 aliphatic heterocycles. The van der Waals surface area contributed by atoms with Crippen molar-refractivity contribution in [3.05, 3.63) is 23.3 Å². The predicted octanol–water partition coefficient (Wildman–Crippen LogP) is 2.95. The number of allylic oxidation sites excluding steroid dienone is 3. The van der Waals surface area contributed by atoms with E-state index in [2.05, 4.69) is 6.08 Å². The van der Waals surface area contributed by atoms with E-state index < -0.39 is 11.9 Å². The van der Waals surface area contributed by atoms with Gasteiger partial charge in [0.2, 0.25) is 5.91 Å². The summed E-state index contributed by atoms with van der Waals surface area (Å²) in [4.78, 5) is 33.1. The van der Waals surface area contributed by atoms with Crippen LogP contribution in [0.2, 0.25) is 0 Å². The van der Waals surface area contributed by atoms with Gasteiger partial charge in [-0.1, -0.05) is 24.1 Å². The number of primary amides is 1. The smallest absolute Gasteiger partial charge is 0.313 e. The van der Waals surface area contributed by atoms with E-state index in [1.807, 2.05) is 20.8 Å². The molecule has 1 atom stereocenters. The quantitative estimate of drug-likeness (QED) is 0.420. The van der Waals surface area contributed by atoms with Crippen LogP contribution in [0.25, 0.3) is 0 Å². The molecule has 0 saturated carbocycles. The van der Waals surface area contributed by atoms with Gasteiger partial charge < -0.3 is 10.8 Å². The van der Waals surface area contributed by atoms with E-state index in [-0.39, 0.29) is 17.5 Å². The van der Waals surface area contributed by atoms with E-state index in [1.54, 1.807) is 0 Å². The summed E-state index contributed by atoms with van der Waals surface area (Å²) >= 11 is 1.27. The molecule has 130 valence electrons. The van der Waals surface area contributed by atoms with Gasteiger partial charge >= 0.3 is 5.97 Å². The van der Waals surface area contributed by atoms with Gasteiger partial charge in [-0.2, -0.15) is 0 Å². The van der Waals surface area contributed by atoms with Gasteiger partial charge in [0.25, 0.3) is 0 Å². The Morgan fingerprint density at radius 1 is 1.13 bits per heavy atom. The fraction of sp³-hybridized carbons (Fsp3) is 0.588. The first-order chi connectivity index (χ1) is 10.7. The molecular formula is C17H27NO4S. The van der Waals surface area contributed by atoms with Gasteiger partial charge in [0.05, 0.1) is 5.75 Å². The van der Waals surface area contributed by atoms with Crippen LogP contribution in [0.1, 0.15) is 46.5 Å². The van der Waals surface area contributed by atoms with Crippen LogP contribution < -0.4 is 5.73 Å². The highest BCUT2D eigenvalue weighted by molar-refractivity contribution is 7.99. The monoisotopic (exact) mass is 341 g/mol. The first kappa shape index (κ1) is 21.4. The van der Waals surface area contributed by atoms with Crippen LogP contribution in [0, 0.1) is 5.92 Å². The second-order valence-corrected chi connectivity index (χ2v) is 6.79. The number of hydrogen-bond donors (Lipinski definition) is 2. The summed E-state index contributed by atoms with van der Waals surface area (Å²) in [5.74, 6) is -0.647. The van der Waals surface area contributed by atoms with E-state index in [1.165, 1.54) is 17.8 Å². The zero-order valence-corrected chi connectivity index (χ0v) is 14.9. The summed E-state index contributed by atoms with van der Waals surface area (Å²) in [7, 11) is 0. The van der Waals surface area contributed by atoms with Crippen molar-refractivity contribution in [3.63, 3.8) is 0 Å². The highest BCUT2D eigenvalue weighted by atomic mass is 32.2. The zero-order valence-electron chi connectivity index (χ0n) is 14.1. The summed E-state index contributed by atoms with van der Waals surface area (Å²) in [5, 5.41) is 8.57. The molecule has 0 heterocycles. The van der Waals surface area contributed by atoms with Crippen LogP contribution in [-0.2, 0) is 14.4 Å². The van der Waals surface area contributed by atoms with E-state index in [9.17, 15) is 14.4 Å². The number of ketones is 1. The highest BCUT2D eigenvalue weighted by Gasteiger charge is 2.13. The topological polar surface area (TPSA) is 97.5 Å². The minimum Gasteiger partial charge on any atom is -0.481 e. The molecule has 0 aromatic rings. The Balaban J connectivity index is 4.04. The number of thioether (sulfide) groups is 1. The molecule has 1 unspecified atom stereocenters. The molecule has 23 heavy (non-hydrogen) atoms. The van der Waals surface area contributed by atoms with E-state index >= 15 is 0 Å².